The van der Waals surface area contributed by atoms with Crippen LogP contribution in [0, 0.1) is 0 Å². The minimum absolute atomic E-state index is 0.0455. The van der Waals surface area contributed by atoms with Crippen molar-refractivity contribution in [3.05, 3.63) is 33.8 Å². The molecule has 108 valence electrons. The number of rotatable bonds is 3. The molecule has 1 aliphatic rings. The van der Waals surface area contributed by atoms with Gasteiger partial charge in [0, 0.05) is 18.7 Å². The van der Waals surface area contributed by atoms with Crippen LogP contribution in [0.5, 0.6) is 0 Å². The van der Waals surface area contributed by atoms with Gasteiger partial charge in [-0.3, -0.25) is 9.59 Å². The van der Waals surface area contributed by atoms with Gasteiger partial charge < -0.3 is 10.2 Å². The number of amides is 2. The van der Waals surface area contributed by atoms with Gasteiger partial charge in [0.05, 0.1) is 10.0 Å². The van der Waals surface area contributed by atoms with Crippen LogP contribution in [0.4, 0.5) is 0 Å². The zero-order valence-electron chi connectivity index (χ0n) is 11.2. The lowest BCUT2D eigenvalue weighted by atomic mass is 10.2. The minimum atomic E-state index is -0.546. The summed E-state index contributed by atoms with van der Waals surface area (Å²) in [4.78, 5) is 25.9. The van der Waals surface area contributed by atoms with Gasteiger partial charge in [-0.1, -0.05) is 23.2 Å². The molecule has 1 N–H and O–H groups in total. The molecule has 1 saturated heterocycles. The Bertz CT molecular complexity index is 528. The average molecular weight is 315 g/mol. The maximum absolute atomic E-state index is 12.1. The number of nitrogens with one attached hydrogen (secondary N) is 1. The third-order valence-corrected chi connectivity index (χ3v) is 4.06. The summed E-state index contributed by atoms with van der Waals surface area (Å²) < 4.78 is 0. The number of likely N-dealkylation sites (tertiary alicyclic amines) is 1. The third-order valence-electron chi connectivity index (χ3n) is 3.32. The molecule has 0 aliphatic carbocycles. The third kappa shape index (κ3) is 3.44. The van der Waals surface area contributed by atoms with Crippen molar-refractivity contribution >= 4 is 35.0 Å². The number of carbonyl (C=O) groups excluding carboxylic acids is 2. The van der Waals surface area contributed by atoms with Crippen LogP contribution in [0.25, 0.3) is 0 Å². The number of halogens is 2. The zero-order valence-corrected chi connectivity index (χ0v) is 12.7. The molecular formula is C14H16Cl2N2O2. The van der Waals surface area contributed by atoms with Gasteiger partial charge in [-0.2, -0.15) is 0 Å². The molecular weight excluding hydrogens is 299 g/mol. The average Bonchev–Trinajstić information content (AvgIpc) is 2.94. The predicted octanol–water partition coefficient (Wildman–Crippen LogP) is 2.73. The van der Waals surface area contributed by atoms with Crippen molar-refractivity contribution in [2.45, 2.75) is 25.8 Å². The first-order valence-electron chi connectivity index (χ1n) is 6.54. The summed E-state index contributed by atoms with van der Waals surface area (Å²) >= 11 is 11.7. The van der Waals surface area contributed by atoms with E-state index in [0.29, 0.717) is 15.6 Å². The number of hydrogen-bond donors (Lipinski definition) is 1. The monoisotopic (exact) mass is 314 g/mol. The molecule has 1 aromatic carbocycles. The molecule has 1 fully saturated rings. The molecule has 6 heteroatoms. The van der Waals surface area contributed by atoms with Gasteiger partial charge in [0.25, 0.3) is 5.91 Å². The molecule has 0 saturated carbocycles. The highest BCUT2D eigenvalue weighted by Crippen LogP contribution is 2.22. The minimum Gasteiger partial charge on any atom is -0.341 e. The van der Waals surface area contributed by atoms with Crippen molar-refractivity contribution in [2.75, 3.05) is 13.1 Å². The van der Waals surface area contributed by atoms with E-state index in [2.05, 4.69) is 5.32 Å². The summed E-state index contributed by atoms with van der Waals surface area (Å²) in [6.45, 7) is 3.23. The fourth-order valence-electron chi connectivity index (χ4n) is 2.19. The van der Waals surface area contributed by atoms with Crippen molar-refractivity contribution in [3.8, 4) is 0 Å². The van der Waals surface area contributed by atoms with Crippen LogP contribution in [-0.2, 0) is 4.79 Å². The lowest BCUT2D eigenvalue weighted by Gasteiger charge is -2.21. The van der Waals surface area contributed by atoms with Gasteiger partial charge >= 0.3 is 0 Å². The fraction of sp³-hybridized carbons (Fsp3) is 0.429. The SMILES string of the molecule is C[C@@H](NC(=O)c1ccc(Cl)c(Cl)c1)C(=O)N1CCCC1. The molecule has 1 heterocycles. The van der Waals surface area contributed by atoms with Gasteiger partial charge in [0.15, 0.2) is 0 Å². The Morgan fingerprint density at radius 3 is 2.45 bits per heavy atom. The molecule has 0 spiro atoms. The second-order valence-corrected chi connectivity index (χ2v) is 5.67. The van der Waals surface area contributed by atoms with E-state index in [1.165, 1.54) is 6.07 Å². The van der Waals surface area contributed by atoms with Gasteiger partial charge in [-0.25, -0.2) is 0 Å². The molecule has 0 bridgehead atoms. The second-order valence-electron chi connectivity index (χ2n) is 4.86. The molecule has 0 unspecified atom stereocenters. The molecule has 2 amide bonds. The fourth-order valence-corrected chi connectivity index (χ4v) is 2.49. The van der Waals surface area contributed by atoms with Crippen LogP contribution < -0.4 is 5.32 Å². The first kappa shape index (κ1) is 15.1. The van der Waals surface area contributed by atoms with E-state index < -0.39 is 6.04 Å². The Balaban J connectivity index is 1.99. The van der Waals surface area contributed by atoms with E-state index in [4.69, 9.17) is 23.2 Å². The van der Waals surface area contributed by atoms with E-state index in [1.54, 1.807) is 24.0 Å². The lowest BCUT2D eigenvalue weighted by Crippen LogP contribution is -2.45. The molecule has 1 atom stereocenters. The number of nitrogens with zero attached hydrogens (tertiary/aromatic N) is 1. The molecule has 4 nitrogen and oxygen atoms in total. The standard InChI is InChI=1S/C14H16Cl2N2O2/c1-9(14(20)18-6-2-3-7-18)17-13(19)10-4-5-11(15)12(16)8-10/h4-5,8-9H,2-3,6-7H2,1H3,(H,17,19)/t9-/m1/s1. The van der Waals surface area contributed by atoms with Gasteiger partial charge in [-0.05, 0) is 38.0 Å². The topological polar surface area (TPSA) is 49.4 Å². The van der Waals surface area contributed by atoms with Crippen molar-refractivity contribution in [2.24, 2.45) is 0 Å². The van der Waals surface area contributed by atoms with Gasteiger partial charge in [0.1, 0.15) is 6.04 Å². The quantitative estimate of drug-likeness (QED) is 0.932. The molecule has 1 aliphatic heterocycles. The highest BCUT2D eigenvalue weighted by Gasteiger charge is 2.24. The van der Waals surface area contributed by atoms with Crippen molar-refractivity contribution in [1.82, 2.24) is 10.2 Å². The van der Waals surface area contributed by atoms with Crippen LogP contribution >= 0.6 is 23.2 Å². The summed E-state index contributed by atoms with van der Waals surface area (Å²) in [5.41, 5.74) is 0.389. The number of benzene rings is 1. The van der Waals surface area contributed by atoms with Crippen LogP contribution in [-0.4, -0.2) is 35.8 Å². The molecule has 1 aromatic rings. The van der Waals surface area contributed by atoms with E-state index in [1.807, 2.05) is 0 Å². The smallest absolute Gasteiger partial charge is 0.251 e. The Labute approximate surface area is 128 Å². The molecule has 20 heavy (non-hydrogen) atoms. The van der Waals surface area contributed by atoms with E-state index in [0.717, 1.165) is 25.9 Å². The van der Waals surface area contributed by atoms with Crippen molar-refractivity contribution in [1.29, 1.82) is 0 Å². The first-order chi connectivity index (χ1) is 9.49. The number of carbonyl (C=O) groups is 2. The Morgan fingerprint density at radius 2 is 1.85 bits per heavy atom. The van der Waals surface area contributed by atoms with Crippen LogP contribution in [0.15, 0.2) is 18.2 Å². The number of hydrogen-bond acceptors (Lipinski definition) is 2. The summed E-state index contributed by atoms with van der Waals surface area (Å²) in [7, 11) is 0. The van der Waals surface area contributed by atoms with Gasteiger partial charge in [-0.15, -0.1) is 0 Å². The van der Waals surface area contributed by atoms with Crippen molar-refractivity contribution in [3.63, 3.8) is 0 Å². The lowest BCUT2D eigenvalue weighted by molar-refractivity contribution is -0.131. The van der Waals surface area contributed by atoms with E-state index in [-0.39, 0.29) is 11.8 Å². The highest BCUT2D eigenvalue weighted by molar-refractivity contribution is 6.42. The van der Waals surface area contributed by atoms with Crippen LogP contribution in [0.1, 0.15) is 30.1 Å². The maximum atomic E-state index is 12.1. The van der Waals surface area contributed by atoms with Crippen LogP contribution in [0.2, 0.25) is 10.0 Å². The Morgan fingerprint density at radius 1 is 1.20 bits per heavy atom. The predicted molar refractivity (Wildman–Crippen MR) is 79.2 cm³/mol. The summed E-state index contributed by atoms with van der Waals surface area (Å²) in [6, 6.07) is 4.09. The Hall–Kier alpha value is -1.26. The van der Waals surface area contributed by atoms with Crippen molar-refractivity contribution < 1.29 is 9.59 Å². The normalized spacial score (nSPS) is 16.1. The largest absolute Gasteiger partial charge is 0.341 e. The zero-order chi connectivity index (χ0) is 14.7. The van der Waals surface area contributed by atoms with Crippen LogP contribution in [0.3, 0.4) is 0 Å². The maximum Gasteiger partial charge on any atom is 0.251 e. The van der Waals surface area contributed by atoms with E-state index >= 15 is 0 Å². The molecule has 0 aromatic heterocycles. The second kappa shape index (κ2) is 6.46. The summed E-state index contributed by atoms with van der Waals surface area (Å²) in [5.74, 6) is -0.375. The Kier molecular flexibility index (Phi) is 4.89. The summed E-state index contributed by atoms with van der Waals surface area (Å²) in [6.07, 6.45) is 2.05. The molecule has 0 radical (unpaired) electrons. The summed E-state index contributed by atoms with van der Waals surface area (Å²) in [5, 5.41) is 3.40. The van der Waals surface area contributed by atoms with Gasteiger partial charge in [0.2, 0.25) is 5.91 Å². The highest BCUT2D eigenvalue weighted by atomic mass is 35.5. The molecule has 2 rings (SSSR count). The van der Waals surface area contributed by atoms with E-state index in [9.17, 15) is 9.59 Å². The first-order valence-corrected chi connectivity index (χ1v) is 7.29.